The van der Waals surface area contributed by atoms with Gasteiger partial charge in [-0.25, -0.2) is 0 Å². The van der Waals surface area contributed by atoms with E-state index in [1.807, 2.05) is 13.8 Å². The maximum absolute atomic E-state index is 10.9. The summed E-state index contributed by atoms with van der Waals surface area (Å²) in [5.41, 5.74) is -0.307. The van der Waals surface area contributed by atoms with E-state index >= 15 is 0 Å². The zero-order valence-electron chi connectivity index (χ0n) is 8.72. The van der Waals surface area contributed by atoms with E-state index in [1.165, 1.54) is 0 Å². The molecule has 1 saturated heterocycles. The molecule has 0 amide bonds. The van der Waals surface area contributed by atoms with Crippen LogP contribution in [0.1, 0.15) is 26.7 Å². The van der Waals surface area contributed by atoms with Crippen molar-refractivity contribution < 1.29 is 14.3 Å². The molecular formula is C10H17BrO3. The number of halogens is 1. The van der Waals surface area contributed by atoms with E-state index in [1.54, 1.807) is 0 Å². The molecule has 82 valence electrons. The lowest BCUT2D eigenvalue weighted by molar-refractivity contribution is -0.151. The maximum Gasteiger partial charge on any atom is 0.165 e. The minimum Gasteiger partial charge on any atom is -0.348 e. The van der Waals surface area contributed by atoms with E-state index in [0.29, 0.717) is 18.5 Å². The van der Waals surface area contributed by atoms with Crippen molar-refractivity contribution in [3.63, 3.8) is 0 Å². The molecule has 1 atom stereocenters. The number of rotatable bonds is 5. The zero-order valence-corrected chi connectivity index (χ0v) is 10.3. The molecule has 3 nitrogen and oxygen atoms in total. The number of alkyl halides is 1. The van der Waals surface area contributed by atoms with Crippen LogP contribution in [-0.2, 0) is 14.3 Å². The highest BCUT2D eigenvalue weighted by Crippen LogP contribution is 2.31. The fourth-order valence-electron chi connectivity index (χ4n) is 1.37. The van der Waals surface area contributed by atoms with Crippen molar-refractivity contribution in [2.24, 2.45) is 5.41 Å². The molecule has 1 fully saturated rings. The molecule has 0 bridgehead atoms. The quantitative estimate of drug-likeness (QED) is 0.564. The standard InChI is InChI=1S/C10H17BrO3/c1-9(7-11,8-12)3-4-10(2)13-5-6-14-10/h8H,3-7H2,1-2H3. The SMILES string of the molecule is CC(C=O)(CBr)CCC1(C)OCCO1. The fraction of sp³-hybridized carbons (Fsp3) is 0.900. The first kappa shape index (κ1) is 12.1. The predicted octanol–water partition coefficient (Wildman–Crippen LogP) is 2.13. The van der Waals surface area contributed by atoms with E-state index in [9.17, 15) is 4.79 Å². The molecule has 0 saturated carbocycles. The highest BCUT2D eigenvalue weighted by atomic mass is 79.9. The Labute approximate surface area is 93.3 Å². The second-order valence-corrected chi connectivity index (χ2v) is 4.80. The minimum absolute atomic E-state index is 0.307. The lowest BCUT2D eigenvalue weighted by Crippen LogP contribution is -2.30. The average molecular weight is 265 g/mol. The molecule has 14 heavy (non-hydrogen) atoms. The van der Waals surface area contributed by atoms with Gasteiger partial charge in [0.25, 0.3) is 0 Å². The van der Waals surface area contributed by atoms with Crippen LogP contribution in [0.4, 0.5) is 0 Å². The summed E-state index contributed by atoms with van der Waals surface area (Å²) in [4.78, 5) is 10.9. The van der Waals surface area contributed by atoms with Crippen molar-refractivity contribution in [2.75, 3.05) is 18.5 Å². The molecule has 1 aliphatic rings. The number of hydrogen-bond acceptors (Lipinski definition) is 3. The van der Waals surface area contributed by atoms with E-state index in [4.69, 9.17) is 9.47 Å². The van der Waals surface area contributed by atoms with Crippen molar-refractivity contribution in [2.45, 2.75) is 32.5 Å². The molecule has 0 aromatic carbocycles. The zero-order chi connectivity index (χ0) is 10.7. The summed E-state index contributed by atoms with van der Waals surface area (Å²) < 4.78 is 10.9. The summed E-state index contributed by atoms with van der Waals surface area (Å²) >= 11 is 3.35. The molecule has 4 heteroatoms. The normalized spacial score (nSPS) is 24.5. The third kappa shape index (κ3) is 3.04. The second kappa shape index (κ2) is 4.73. The van der Waals surface area contributed by atoms with Crippen molar-refractivity contribution in [3.05, 3.63) is 0 Å². The van der Waals surface area contributed by atoms with Gasteiger partial charge in [0.15, 0.2) is 5.79 Å². The first-order chi connectivity index (χ1) is 6.54. The van der Waals surface area contributed by atoms with Gasteiger partial charge in [-0.15, -0.1) is 0 Å². The molecule has 0 radical (unpaired) electrons. The number of hydrogen-bond donors (Lipinski definition) is 0. The van der Waals surface area contributed by atoms with E-state index < -0.39 is 5.79 Å². The first-order valence-corrected chi connectivity index (χ1v) is 5.96. The van der Waals surface area contributed by atoms with Gasteiger partial charge >= 0.3 is 0 Å². The van der Waals surface area contributed by atoms with Gasteiger partial charge in [0.1, 0.15) is 6.29 Å². The van der Waals surface area contributed by atoms with Gasteiger partial charge in [-0.05, 0) is 13.3 Å². The summed E-state index contributed by atoms with van der Waals surface area (Å²) in [6.45, 7) is 5.18. The van der Waals surface area contributed by atoms with Crippen LogP contribution in [0.3, 0.4) is 0 Å². The molecule has 0 aliphatic carbocycles. The second-order valence-electron chi connectivity index (χ2n) is 4.24. The molecule has 1 unspecified atom stereocenters. The maximum atomic E-state index is 10.9. The van der Waals surface area contributed by atoms with Crippen LogP contribution in [0.5, 0.6) is 0 Å². The highest BCUT2D eigenvalue weighted by molar-refractivity contribution is 9.09. The summed E-state index contributed by atoms with van der Waals surface area (Å²) in [6.07, 6.45) is 2.53. The Morgan fingerprint density at radius 2 is 2.07 bits per heavy atom. The number of ether oxygens (including phenoxy) is 2. The van der Waals surface area contributed by atoms with Crippen LogP contribution in [0.15, 0.2) is 0 Å². The number of aldehydes is 1. The van der Waals surface area contributed by atoms with E-state index in [-0.39, 0.29) is 5.41 Å². The van der Waals surface area contributed by atoms with E-state index in [0.717, 1.165) is 19.1 Å². The summed E-state index contributed by atoms with van der Waals surface area (Å²) in [5.74, 6) is -0.480. The lowest BCUT2D eigenvalue weighted by atomic mass is 9.88. The minimum atomic E-state index is -0.480. The summed E-state index contributed by atoms with van der Waals surface area (Å²) in [5, 5.41) is 0.680. The van der Waals surface area contributed by atoms with Crippen molar-refractivity contribution in [3.8, 4) is 0 Å². The average Bonchev–Trinajstić information content (AvgIpc) is 2.63. The Morgan fingerprint density at radius 1 is 1.50 bits per heavy atom. The van der Waals surface area contributed by atoms with Crippen molar-refractivity contribution in [1.82, 2.24) is 0 Å². The molecule has 0 aromatic heterocycles. The molecule has 0 N–H and O–H groups in total. The third-order valence-electron chi connectivity index (χ3n) is 2.64. The van der Waals surface area contributed by atoms with Crippen LogP contribution >= 0.6 is 15.9 Å². The molecule has 0 spiro atoms. The monoisotopic (exact) mass is 264 g/mol. The Kier molecular flexibility index (Phi) is 4.10. The number of carbonyl (C=O) groups is 1. The molecule has 1 aliphatic heterocycles. The van der Waals surface area contributed by atoms with Crippen molar-refractivity contribution >= 4 is 22.2 Å². The van der Waals surface area contributed by atoms with Crippen LogP contribution < -0.4 is 0 Å². The largest absolute Gasteiger partial charge is 0.348 e. The van der Waals surface area contributed by atoms with Gasteiger partial charge in [-0.2, -0.15) is 0 Å². The summed E-state index contributed by atoms with van der Waals surface area (Å²) in [6, 6.07) is 0. The van der Waals surface area contributed by atoms with Crippen LogP contribution in [0.25, 0.3) is 0 Å². The number of carbonyl (C=O) groups excluding carboxylic acids is 1. The lowest BCUT2D eigenvalue weighted by Gasteiger charge is -2.27. The predicted molar refractivity (Wildman–Crippen MR) is 57.5 cm³/mol. The molecule has 0 aromatic rings. The summed E-state index contributed by atoms with van der Waals surface area (Å²) in [7, 11) is 0. The van der Waals surface area contributed by atoms with Gasteiger partial charge < -0.3 is 14.3 Å². The van der Waals surface area contributed by atoms with Crippen molar-refractivity contribution in [1.29, 1.82) is 0 Å². The fourth-order valence-corrected chi connectivity index (χ4v) is 1.78. The smallest absolute Gasteiger partial charge is 0.165 e. The Hall–Kier alpha value is 0.0700. The molecular weight excluding hydrogens is 248 g/mol. The van der Waals surface area contributed by atoms with Crippen LogP contribution in [-0.4, -0.2) is 30.6 Å². The van der Waals surface area contributed by atoms with Crippen LogP contribution in [0, 0.1) is 5.41 Å². The van der Waals surface area contributed by atoms with E-state index in [2.05, 4.69) is 15.9 Å². The third-order valence-corrected chi connectivity index (χ3v) is 3.92. The molecule has 1 rings (SSSR count). The molecule has 1 heterocycles. The topological polar surface area (TPSA) is 35.5 Å². The van der Waals surface area contributed by atoms with Gasteiger partial charge in [-0.1, -0.05) is 22.9 Å². The van der Waals surface area contributed by atoms with Gasteiger partial charge in [0, 0.05) is 17.2 Å². The van der Waals surface area contributed by atoms with Crippen LogP contribution in [0.2, 0.25) is 0 Å². The van der Waals surface area contributed by atoms with Gasteiger partial charge in [-0.3, -0.25) is 0 Å². The Balaban J connectivity index is 2.42. The highest BCUT2D eigenvalue weighted by Gasteiger charge is 2.34. The Bertz CT molecular complexity index is 202. The Morgan fingerprint density at radius 3 is 2.50 bits per heavy atom. The van der Waals surface area contributed by atoms with Gasteiger partial charge in [0.05, 0.1) is 13.2 Å². The first-order valence-electron chi connectivity index (χ1n) is 4.84. The van der Waals surface area contributed by atoms with Gasteiger partial charge in [0.2, 0.25) is 0 Å².